The molecule has 0 saturated heterocycles. The minimum Gasteiger partial charge on any atom is -0.352 e. The first-order valence-electron chi connectivity index (χ1n) is 12.2. The molecule has 0 aliphatic rings. The van der Waals surface area contributed by atoms with Crippen LogP contribution in [0.25, 0.3) is 0 Å². The molecule has 5 heteroatoms. The number of carbonyl (C=O) groups is 2. The zero-order chi connectivity index (χ0) is 25.2. The Morgan fingerprint density at radius 3 is 2.06 bits per heavy atom. The van der Waals surface area contributed by atoms with Crippen molar-refractivity contribution < 1.29 is 9.59 Å². The van der Waals surface area contributed by atoms with E-state index in [1.165, 1.54) is 17.3 Å². The first-order chi connectivity index (χ1) is 16.9. The van der Waals surface area contributed by atoms with Crippen LogP contribution in [-0.2, 0) is 22.6 Å². The van der Waals surface area contributed by atoms with E-state index in [4.69, 9.17) is 0 Å². The fourth-order valence-corrected chi connectivity index (χ4v) is 4.53. The van der Waals surface area contributed by atoms with Gasteiger partial charge in [-0.25, -0.2) is 0 Å². The number of carbonyl (C=O) groups excluding carboxylic acids is 2. The van der Waals surface area contributed by atoms with Gasteiger partial charge in [-0.3, -0.25) is 9.59 Å². The molecule has 1 N–H and O–H groups in total. The fourth-order valence-electron chi connectivity index (χ4n) is 3.75. The van der Waals surface area contributed by atoms with Crippen LogP contribution in [0.5, 0.6) is 0 Å². The van der Waals surface area contributed by atoms with Crippen LogP contribution in [0.3, 0.4) is 0 Å². The topological polar surface area (TPSA) is 49.4 Å². The quantitative estimate of drug-likeness (QED) is 0.339. The predicted molar refractivity (Wildman–Crippen MR) is 145 cm³/mol. The van der Waals surface area contributed by atoms with E-state index in [1.54, 1.807) is 4.90 Å². The van der Waals surface area contributed by atoms with Crippen LogP contribution >= 0.6 is 11.8 Å². The molecule has 3 aromatic rings. The van der Waals surface area contributed by atoms with Crippen molar-refractivity contribution >= 4 is 23.6 Å². The lowest BCUT2D eigenvalue weighted by molar-refractivity contribution is -0.139. The average molecular weight is 489 g/mol. The van der Waals surface area contributed by atoms with E-state index in [-0.39, 0.29) is 23.6 Å². The number of nitrogens with one attached hydrogen (secondary N) is 1. The van der Waals surface area contributed by atoms with Gasteiger partial charge in [-0.1, -0.05) is 84.8 Å². The summed E-state index contributed by atoms with van der Waals surface area (Å²) in [7, 11) is 0. The lowest BCUT2D eigenvalue weighted by Crippen LogP contribution is -2.52. The molecule has 3 aromatic carbocycles. The molecule has 0 heterocycles. The minimum atomic E-state index is -0.598. The van der Waals surface area contributed by atoms with E-state index in [9.17, 15) is 9.59 Å². The molecule has 0 saturated carbocycles. The molecule has 4 nitrogen and oxygen atoms in total. The van der Waals surface area contributed by atoms with Crippen LogP contribution in [0, 0.1) is 13.8 Å². The Kier molecular flexibility index (Phi) is 9.98. The zero-order valence-corrected chi connectivity index (χ0v) is 22.0. The van der Waals surface area contributed by atoms with E-state index >= 15 is 0 Å². The number of nitrogens with zero attached hydrogens (tertiary/aromatic N) is 1. The normalized spacial score (nSPS) is 12.6. The Bertz CT molecular complexity index is 1080. The molecular formula is C30H36N2O2S. The summed E-state index contributed by atoms with van der Waals surface area (Å²) in [6, 6.07) is 25.7. The van der Waals surface area contributed by atoms with Crippen molar-refractivity contribution in [1.29, 1.82) is 0 Å². The Morgan fingerprint density at radius 1 is 0.857 bits per heavy atom. The fraction of sp³-hybridized carbons (Fsp3) is 0.333. The molecule has 0 aliphatic carbocycles. The third kappa shape index (κ3) is 8.29. The Balaban J connectivity index is 1.89. The second-order valence-electron chi connectivity index (χ2n) is 9.13. The minimum absolute atomic E-state index is 0.0408. The van der Waals surface area contributed by atoms with Crippen LogP contribution in [0.15, 0.2) is 83.8 Å². The molecule has 3 rings (SSSR count). The number of thioether (sulfide) groups is 1. The van der Waals surface area contributed by atoms with Crippen LogP contribution in [0.4, 0.5) is 0 Å². The van der Waals surface area contributed by atoms with Gasteiger partial charge in [-0.15, -0.1) is 11.8 Å². The average Bonchev–Trinajstić information content (AvgIpc) is 2.87. The summed E-state index contributed by atoms with van der Waals surface area (Å²) < 4.78 is 0. The van der Waals surface area contributed by atoms with Gasteiger partial charge in [0.25, 0.3) is 0 Å². The van der Waals surface area contributed by atoms with E-state index in [2.05, 4.69) is 17.4 Å². The molecule has 2 atom stereocenters. The number of hydrogen-bond donors (Lipinski definition) is 1. The van der Waals surface area contributed by atoms with Gasteiger partial charge in [0.2, 0.25) is 11.8 Å². The third-order valence-corrected chi connectivity index (χ3v) is 7.13. The Morgan fingerprint density at radius 2 is 1.46 bits per heavy atom. The molecule has 0 aliphatic heterocycles. The van der Waals surface area contributed by atoms with Crippen molar-refractivity contribution in [2.45, 2.75) is 64.1 Å². The summed E-state index contributed by atoms with van der Waals surface area (Å²) >= 11 is 1.51. The lowest BCUT2D eigenvalue weighted by atomic mass is 10.0. The summed E-state index contributed by atoms with van der Waals surface area (Å²) in [4.78, 5) is 30.0. The van der Waals surface area contributed by atoms with Crippen LogP contribution in [0.1, 0.15) is 42.5 Å². The molecule has 0 fully saturated rings. The highest BCUT2D eigenvalue weighted by Crippen LogP contribution is 2.22. The highest BCUT2D eigenvalue weighted by atomic mass is 32.2. The number of amides is 2. The predicted octanol–water partition coefficient (Wildman–Crippen LogP) is 5.95. The smallest absolute Gasteiger partial charge is 0.243 e. The summed E-state index contributed by atoms with van der Waals surface area (Å²) in [5.41, 5.74) is 4.39. The zero-order valence-electron chi connectivity index (χ0n) is 21.2. The number of hydrogen-bond acceptors (Lipinski definition) is 3. The highest BCUT2D eigenvalue weighted by Gasteiger charge is 2.30. The van der Waals surface area contributed by atoms with Gasteiger partial charge in [0, 0.05) is 23.9 Å². The van der Waals surface area contributed by atoms with E-state index in [0.29, 0.717) is 13.0 Å². The molecule has 35 heavy (non-hydrogen) atoms. The van der Waals surface area contributed by atoms with Crippen molar-refractivity contribution in [3.05, 3.63) is 101 Å². The molecule has 2 amide bonds. The summed E-state index contributed by atoms with van der Waals surface area (Å²) in [6.07, 6.45) is 1.30. The van der Waals surface area contributed by atoms with Gasteiger partial charge in [0.05, 0.1) is 5.75 Å². The van der Waals surface area contributed by atoms with Gasteiger partial charge in [0.1, 0.15) is 6.04 Å². The van der Waals surface area contributed by atoms with Crippen molar-refractivity contribution in [3.63, 3.8) is 0 Å². The first kappa shape index (κ1) is 26.6. The van der Waals surface area contributed by atoms with Gasteiger partial charge in [0.15, 0.2) is 0 Å². The largest absolute Gasteiger partial charge is 0.352 e. The van der Waals surface area contributed by atoms with E-state index in [1.807, 2.05) is 94.4 Å². The molecule has 0 bridgehead atoms. The number of rotatable bonds is 11. The second kappa shape index (κ2) is 13.1. The molecular weight excluding hydrogens is 452 g/mol. The number of benzene rings is 3. The van der Waals surface area contributed by atoms with Gasteiger partial charge >= 0.3 is 0 Å². The monoisotopic (exact) mass is 488 g/mol. The van der Waals surface area contributed by atoms with Crippen molar-refractivity contribution in [2.24, 2.45) is 0 Å². The van der Waals surface area contributed by atoms with Crippen molar-refractivity contribution in [3.8, 4) is 0 Å². The molecule has 0 radical (unpaired) electrons. The standard InChI is InChI=1S/C30H36N2O2S/c1-5-24(4)31-30(34)28(19-25-9-7-6-8-10-25)32(20-26-15-11-22(2)12-16-26)29(33)21-35-27-17-13-23(3)14-18-27/h6-18,24,28H,5,19-21H2,1-4H3,(H,31,34)/t24-,28+/m1/s1. The maximum absolute atomic E-state index is 13.7. The van der Waals surface area contributed by atoms with Crippen LogP contribution in [0.2, 0.25) is 0 Å². The van der Waals surface area contributed by atoms with E-state index < -0.39 is 6.04 Å². The first-order valence-corrected chi connectivity index (χ1v) is 13.2. The molecule has 0 spiro atoms. The van der Waals surface area contributed by atoms with Crippen molar-refractivity contribution in [1.82, 2.24) is 10.2 Å². The maximum Gasteiger partial charge on any atom is 0.243 e. The second-order valence-corrected chi connectivity index (χ2v) is 10.2. The van der Waals surface area contributed by atoms with Crippen LogP contribution in [-0.4, -0.2) is 34.6 Å². The summed E-state index contributed by atoms with van der Waals surface area (Å²) in [5.74, 6) is 0.122. The molecule has 184 valence electrons. The summed E-state index contributed by atoms with van der Waals surface area (Å²) in [6.45, 7) is 8.52. The highest BCUT2D eigenvalue weighted by molar-refractivity contribution is 8.00. The van der Waals surface area contributed by atoms with E-state index in [0.717, 1.165) is 28.0 Å². The summed E-state index contributed by atoms with van der Waals surface area (Å²) in [5, 5.41) is 3.12. The van der Waals surface area contributed by atoms with Gasteiger partial charge in [-0.05, 0) is 50.5 Å². The molecule has 0 unspecified atom stereocenters. The van der Waals surface area contributed by atoms with Crippen LogP contribution < -0.4 is 5.32 Å². The van der Waals surface area contributed by atoms with Crippen molar-refractivity contribution in [2.75, 3.05) is 5.75 Å². The Labute approximate surface area is 214 Å². The van der Waals surface area contributed by atoms with Gasteiger partial charge < -0.3 is 10.2 Å². The Hall–Kier alpha value is -3.05. The molecule has 0 aromatic heterocycles. The number of aryl methyl sites for hydroxylation is 2. The van der Waals surface area contributed by atoms with Gasteiger partial charge in [-0.2, -0.15) is 0 Å². The maximum atomic E-state index is 13.7. The lowest BCUT2D eigenvalue weighted by Gasteiger charge is -2.32. The SMILES string of the molecule is CC[C@@H](C)NC(=O)[C@H](Cc1ccccc1)N(Cc1ccc(C)cc1)C(=O)CSc1ccc(C)cc1. The third-order valence-electron chi connectivity index (χ3n) is 6.13.